The molecule has 6 nitrogen and oxygen atoms in total. The molecule has 1 aromatic heterocycles. The molecule has 7 heteroatoms. The van der Waals surface area contributed by atoms with Crippen LogP contribution in [-0.2, 0) is 10.0 Å². The van der Waals surface area contributed by atoms with E-state index in [2.05, 4.69) is 4.98 Å². The van der Waals surface area contributed by atoms with E-state index in [1.54, 1.807) is 0 Å². The highest BCUT2D eigenvalue weighted by molar-refractivity contribution is 7.89. The van der Waals surface area contributed by atoms with Crippen molar-refractivity contribution in [3.63, 3.8) is 0 Å². The highest BCUT2D eigenvalue weighted by Gasteiger charge is 2.32. The van der Waals surface area contributed by atoms with Crippen LogP contribution in [0.4, 0.5) is 5.82 Å². The molecule has 2 rings (SSSR count). The van der Waals surface area contributed by atoms with Gasteiger partial charge in [0.05, 0.1) is 6.61 Å². The van der Waals surface area contributed by atoms with E-state index < -0.39 is 10.0 Å². The van der Waals surface area contributed by atoms with Crippen LogP contribution in [-0.4, -0.2) is 42.0 Å². The number of rotatable bonds is 5. The Morgan fingerprint density at radius 1 is 1.30 bits per heavy atom. The summed E-state index contributed by atoms with van der Waals surface area (Å²) in [6, 6.07) is 2.91. The SMILES string of the molecule is Nc1ccc(S(=O)(=O)N(CCO)C2CCCCC2)cn1. The Labute approximate surface area is 119 Å². The molecule has 0 amide bonds. The monoisotopic (exact) mass is 299 g/mol. The molecule has 1 aliphatic rings. The maximum atomic E-state index is 12.7. The summed E-state index contributed by atoms with van der Waals surface area (Å²) in [7, 11) is -3.62. The Hall–Kier alpha value is -1.18. The number of nitrogens with two attached hydrogens (primary N) is 1. The van der Waals surface area contributed by atoms with Gasteiger partial charge in [-0.05, 0) is 25.0 Å². The number of nitrogens with zero attached hydrogens (tertiary/aromatic N) is 2. The van der Waals surface area contributed by atoms with Crippen molar-refractivity contribution >= 4 is 15.8 Å². The Bertz CT molecular complexity index is 524. The lowest BCUT2D eigenvalue weighted by molar-refractivity contribution is 0.199. The van der Waals surface area contributed by atoms with E-state index in [4.69, 9.17) is 5.73 Å². The van der Waals surface area contributed by atoms with Gasteiger partial charge in [0, 0.05) is 18.8 Å². The molecular weight excluding hydrogens is 278 g/mol. The van der Waals surface area contributed by atoms with Gasteiger partial charge in [0.1, 0.15) is 10.7 Å². The lowest BCUT2D eigenvalue weighted by Gasteiger charge is -2.32. The fourth-order valence-electron chi connectivity index (χ4n) is 2.65. The minimum absolute atomic E-state index is 0.0292. The van der Waals surface area contributed by atoms with Crippen molar-refractivity contribution < 1.29 is 13.5 Å². The van der Waals surface area contributed by atoms with Crippen LogP contribution in [0.1, 0.15) is 32.1 Å². The van der Waals surface area contributed by atoms with Crippen LogP contribution in [0.5, 0.6) is 0 Å². The lowest BCUT2D eigenvalue weighted by atomic mass is 9.95. The highest BCUT2D eigenvalue weighted by atomic mass is 32.2. The van der Waals surface area contributed by atoms with Gasteiger partial charge in [-0.15, -0.1) is 0 Å². The zero-order valence-corrected chi connectivity index (χ0v) is 12.2. The number of aliphatic hydroxyl groups is 1. The third-order valence-electron chi connectivity index (χ3n) is 3.67. The summed E-state index contributed by atoms with van der Waals surface area (Å²) in [6.45, 7) is -0.0600. The summed E-state index contributed by atoms with van der Waals surface area (Å²) in [5, 5.41) is 9.18. The molecule has 0 radical (unpaired) electrons. The Morgan fingerprint density at radius 3 is 2.55 bits per heavy atom. The Morgan fingerprint density at radius 2 is 2.00 bits per heavy atom. The normalized spacial score (nSPS) is 17.5. The Kier molecular flexibility index (Phi) is 4.95. The number of pyridine rings is 1. The molecule has 0 unspecified atom stereocenters. The second-order valence-corrected chi connectivity index (χ2v) is 6.94. The quantitative estimate of drug-likeness (QED) is 0.845. The van der Waals surface area contributed by atoms with Crippen molar-refractivity contribution in [1.82, 2.24) is 9.29 Å². The molecule has 0 saturated heterocycles. The number of sulfonamides is 1. The van der Waals surface area contributed by atoms with Gasteiger partial charge in [0.2, 0.25) is 10.0 Å². The lowest BCUT2D eigenvalue weighted by Crippen LogP contribution is -2.43. The van der Waals surface area contributed by atoms with Gasteiger partial charge in [0.15, 0.2) is 0 Å². The molecule has 20 heavy (non-hydrogen) atoms. The highest BCUT2D eigenvalue weighted by Crippen LogP contribution is 2.27. The summed E-state index contributed by atoms with van der Waals surface area (Å²) in [4.78, 5) is 3.97. The van der Waals surface area contributed by atoms with Gasteiger partial charge in [-0.2, -0.15) is 4.31 Å². The van der Waals surface area contributed by atoms with Crippen molar-refractivity contribution in [3.8, 4) is 0 Å². The first kappa shape index (κ1) is 15.2. The number of hydrogen-bond donors (Lipinski definition) is 2. The van der Waals surface area contributed by atoms with E-state index in [0.29, 0.717) is 0 Å². The largest absolute Gasteiger partial charge is 0.395 e. The number of anilines is 1. The number of hydrogen-bond acceptors (Lipinski definition) is 5. The van der Waals surface area contributed by atoms with Crippen molar-refractivity contribution in [2.24, 2.45) is 0 Å². The summed E-state index contributed by atoms with van der Waals surface area (Å²) in [5.74, 6) is 0.287. The Balaban J connectivity index is 2.28. The van der Waals surface area contributed by atoms with Crippen LogP contribution in [0.25, 0.3) is 0 Å². The van der Waals surface area contributed by atoms with Crippen molar-refractivity contribution in [1.29, 1.82) is 0 Å². The third-order valence-corrected chi connectivity index (χ3v) is 5.60. The standard InChI is InChI=1S/C13H21N3O3S/c14-13-7-6-12(10-15-13)20(18,19)16(8-9-17)11-4-2-1-3-5-11/h6-7,10-11,17H,1-5,8-9H2,(H2,14,15). The predicted octanol–water partition coefficient (Wildman–Crippen LogP) is 0.979. The van der Waals surface area contributed by atoms with Crippen LogP contribution < -0.4 is 5.73 Å². The minimum Gasteiger partial charge on any atom is -0.395 e. The van der Waals surface area contributed by atoms with Gasteiger partial charge in [0.25, 0.3) is 0 Å². The van der Waals surface area contributed by atoms with Gasteiger partial charge < -0.3 is 10.8 Å². The fourth-order valence-corrected chi connectivity index (χ4v) is 4.27. The molecule has 0 atom stereocenters. The van der Waals surface area contributed by atoms with Crippen molar-refractivity contribution in [2.75, 3.05) is 18.9 Å². The first-order valence-electron chi connectivity index (χ1n) is 6.90. The molecule has 0 bridgehead atoms. The smallest absolute Gasteiger partial charge is 0.244 e. The van der Waals surface area contributed by atoms with Crippen LogP contribution >= 0.6 is 0 Å². The molecule has 1 fully saturated rings. The third kappa shape index (κ3) is 3.28. The molecule has 0 aromatic carbocycles. The fraction of sp³-hybridized carbons (Fsp3) is 0.615. The number of aromatic nitrogens is 1. The first-order valence-corrected chi connectivity index (χ1v) is 8.34. The molecule has 0 spiro atoms. The molecule has 112 valence electrons. The molecule has 0 aliphatic heterocycles. The van der Waals surface area contributed by atoms with Gasteiger partial charge >= 0.3 is 0 Å². The van der Waals surface area contributed by atoms with E-state index in [0.717, 1.165) is 32.1 Å². The van der Waals surface area contributed by atoms with E-state index in [9.17, 15) is 13.5 Å². The van der Waals surface area contributed by atoms with Crippen LogP contribution in [0.15, 0.2) is 23.2 Å². The molecular formula is C13H21N3O3S. The zero-order chi connectivity index (χ0) is 14.6. The second-order valence-electron chi connectivity index (χ2n) is 5.05. The van der Waals surface area contributed by atoms with Crippen LogP contribution in [0.3, 0.4) is 0 Å². The molecule has 1 saturated carbocycles. The van der Waals surface area contributed by atoms with Gasteiger partial charge in [-0.3, -0.25) is 0 Å². The average Bonchev–Trinajstić information content (AvgIpc) is 2.46. The summed E-state index contributed by atoms with van der Waals surface area (Å²) in [5.41, 5.74) is 5.49. The number of nitrogen functional groups attached to an aromatic ring is 1. The summed E-state index contributed by atoms with van der Waals surface area (Å²) >= 11 is 0. The molecule has 1 aromatic rings. The van der Waals surface area contributed by atoms with Crippen LogP contribution in [0, 0.1) is 0 Å². The maximum absolute atomic E-state index is 12.7. The van der Waals surface area contributed by atoms with Crippen molar-refractivity contribution in [2.45, 2.75) is 43.0 Å². The molecule has 3 N–H and O–H groups in total. The second kappa shape index (κ2) is 6.51. The minimum atomic E-state index is -3.62. The average molecular weight is 299 g/mol. The van der Waals surface area contributed by atoms with E-state index in [-0.39, 0.29) is 29.9 Å². The summed E-state index contributed by atoms with van der Waals surface area (Å²) in [6.07, 6.45) is 6.18. The summed E-state index contributed by atoms with van der Waals surface area (Å²) < 4.78 is 26.7. The number of aliphatic hydroxyl groups excluding tert-OH is 1. The molecule has 1 heterocycles. The van der Waals surface area contributed by atoms with Gasteiger partial charge in [-0.1, -0.05) is 19.3 Å². The van der Waals surface area contributed by atoms with E-state index in [1.807, 2.05) is 0 Å². The van der Waals surface area contributed by atoms with E-state index >= 15 is 0 Å². The topological polar surface area (TPSA) is 96.5 Å². The maximum Gasteiger partial charge on any atom is 0.244 e. The molecule has 1 aliphatic carbocycles. The predicted molar refractivity (Wildman–Crippen MR) is 76.5 cm³/mol. The van der Waals surface area contributed by atoms with Gasteiger partial charge in [-0.25, -0.2) is 13.4 Å². The van der Waals surface area contributed by atoms with Crippen molar-refractivity contribution in [3.05, 3.63) is 18.3 Å². The first-order chi connectivity index (χ1) is 9.55. The van der Waals surface area contributed by atoms with E-state index in [1.165, 1.54) is 22.6 Å². The van der Waals surface area contributed by atoms with Crippen LogP contribution in [0.2, 0.25) is 0 Å². The zero-order valence-electron chi connectivity index (χ0n) is 11.4.